The van der Waals surface area contributed by atoms with Crippen LogP contribution in [0.5, 0.6) is 0 Å². The fourth-order valence-corrected chi connectivity index (χ4v) is 8.18. The third kappa shape index (κ3) is 1.65. The molecule has 3 fully saturated rings. The lowest BCUT2D eigenvalue weighted by molar-refractivity contribution is -0.00720. The Hall–Kier alpha value is -0.260. The second kappa shape index (κ2) is 5.12. The summed E-state index contributed by atoms with van der Waals surface area (Å²) in [6.07, 6.45) is 15.2. The summed E-state index contributed by atoms with van der Waals surface area (Å²) in [4.78, 5) is 0. The summed E-state index contributed by atoms with van der Waals surface area (Å²) in [6, 6.07) is 0. The maximum atomic E-state index is 2.68. The summed E-state index contributed by atoms with van der Waals surface area (Å²) in [6.45, 7) is 9.28. The maximum absolute atomic E-state index is 2.68. The molecule has 5 aliphatic rings. The molecule has 5 rings (SSSR count). The standard InChI is InChI=1S/C20H30.C2H6/c1-13-17-10-12-19(2)11-9-16-15-6-4-3-5-14(15)7-8-18(16)20(13,17)19;1-2/h13,16-18H,3-12H2,1-2H3;1-2H3/t13-,16?,17?,18?,19?,20?;/m1./s1. The Balaban J connectivity index is 0.000000602. The molecule has 0 aromatic carbocycles. The van der Waals surface area contributed by atoms with Crippen LogP contribution in [0.15, 0.2) is 11.1 Å². The molecule has 22 heavy (non-hydrogen) atoms. The van der Waals surface area contributed by atoms with Crippen molar-refractivity contribution < 1.29 is 0 Å². The summed E-state index contributed by atoms with van der Waals surface area (Å²) in [5.41, 5.74) is 5.45. The summed E-state index contributed by atoms with van der Waals surface area (Å²) in [5.74, 6) is 4.28. The van der Waals surface area contributed by atoms with Gasteiger partial charge in [-0.2, -0.15) is 0 Å². The van der Waals surface area contributed by atoms with Crippen molar-refractivity contribution in [1.82, 2.24) is 0 Å². The van der Waals surface area contributed by atoms with Crippen LogP contribution in [0.2, 0.25) is 0 Å². The highest BCUT2D eigenvalue weighted by Crippen LogP contribution is 2.84. The summed E-state index contributed by atoms with van der Waals surface area (Å²) < 4.78 is 0. The third-order valence-electron chi connectivity index (χ3n) is 8.85. The Morgan fingerprint density at radius 2 is 1.59 bits per heavy atom. The van der Waals surface area contributed by atoms with Gasteiger partial charge in [0, 0.05) is 0 Å². The Morgan fingerprint density at radius 1 is 0.864 bits per heavy atom. The van der Waals surface area contributed by atoms with Gasteiger partial charge in [-0.3, -0.25) is 0 Å². The highest BCUT2D eigenvalue weighted by Gasteiger charge is 2.77. The van der Waals surface area contributed by atoms with Crippen molar-refractivity contribution >= 4 is 0 Å². The van der Waals surface area contributed by atoms with Gasteiger partial charge in [0.25, 0.3) is 0 Å². The molecule has 5 unspecified atom stereocenters. The largest absolute Gasteiger partial charge is 0.0707 e. The number of hydrogen-bond donors (Lipinski definition) is 0. The molecule has 0 nitrogen and oxygen atoms in total. The zero-order valence-electron chi connectivity index (χ0n) is 15.4. The smallest absolute Gasteiger partial charge is 0.0150 e. The monoisotopic (exact) mass is 300 g/mol. The first kappa shape index (κ1) is 15.3. The van der Waals surface area contributed by atoms with Crippen LogP contribution in [0, 0.1) is 34.5 Å². The second-order valence-corrected chi connectivity index (χ2v) is 9.05. The van der Waals surface area contributed by atoms with E-state index >= 15 is 0 Å². The van der Waals surface area contributed by atoms with Crippen molar-refractivity contribution in [3.63, 3.8) is 0 Å². The van der Waals surface area contributed by atoms with E-state index in [-0.39, 0.29) is 0 Å². The average molecular weight is 301 g/mol. The second-order valence-electron chi connectivity index (χ2n) is 9.05. The Labute approximate surface area is 138 Å². The van der Waals surface area contributed by atoms with E-state index in [1.807, 2.05) is 25.0 Å². The molecule has 0 bridgehead atoms. The highest BCUT2D eigenvalue weighted by molar-refractivity contribution is 5.33. The van der Waals surface area contributed by atoms with Crippen molar-refractivity contribution in [1.29, 1.82) is 0 Å². The highest BCUT2D eigenvalue weighted by atomic mass is 14.8. The zero-order chi connectivity index (χ0) is 15.5. The van der Waals surface area contributed by atoms with E-state index in [4.69, 9.17) is 0 Å². The zero-order valence-corrected chi connectivity index (χ0v) is 15.4. The van der Waals surface area contributed by atoms with E-state index in [0.717, 1.165) is 34.5 Å². The topological polar surface area (TPSA) is 0 Å². The molecule has 124 valence electrons. The molecular weight excluding hydrogens is 264 g/mol. The van der Waals surface area contributed by atoms with Gasteiger partial charge in [-0.25, -0.2) is 0 Å². The predicted octanol–water partition coefficient (Wildman–Crippen LogP) is 6.76. The summed E-state index contributed by atoms with van der Waals surface area (Å²) in [7, 11) is 0. The van der Waals surface area contributed by atoms with E-state index in [2.05, 4.69) is 13.8 Å². The summed E-state index contributed by atoms with van der Waals surface area (Å²) in [5, 5.41) is 0. The van der Waals surface area contributed by atoms with Gasteiger partial charge in [0.05, 0.1) is 0 Å². The molecule has 1 spiro atoms. The molecule has 0 amide bonds. The molecule has 5 aliphatic carbocycles. The Morgan fingerprint density at radius 3 is 2.36 bits per heavy atom. The van der Waals surface area contributed by atoms with E-state index in [1.165, 1.54) is 32.1 Å². The number of rotatable bonds is 0. The molecular formula is C22H36. The van der Waals surface area contributed by atoms with Gasteiger partial charge in [-0.15, -0.1) is 0 Å². The fraction of sp³-hybridized carbons (Fsp3) is 0.909. The molecule has 3 saturated carbocycles. The molecule has 0 heteroatoms. The normalized spacial score (nSPS) is 51.8. The molecule has 0 saturated heterocycles. The Kier molecular flexibility index (Phi) is 3.55. The third-order valence-corrected chi connectivity index (χ3v) is 8.85. The van der Waals surface area contributed by atoms with Crippen molar-refractivity contribution in [2.75, 3.05) is 0 Å². The van der Waals surface area contributed by atoms with Crippen molar-refractivity contribution in [2.24, 2.45) is 34.5 Å². The van der Waals surface area contributed by atoms with Crippen LogP contribution in [-0.4, -0.2) is 0 Å². The van der Waals surface area contributed by atoms with Gasteiger partial charge in [-0.1, -0.05) is 38.8 Å². The molecule has 0 aliphatic heterocycles. The molecule has 6 atom stereocenters. The van der Waals surface area contributed by atoms with E-state index in [9.17, 15) is 0 Å². The molecule has 0 heterocycles. The number of hydrogen-bond acceptors (Lipinski definition) is 0. The lowest BCUT2D eigenvalue weighted by Crippen LogP contribution is -2.45. The predicted molar refractivity (Wildman–Crippen MR) is 94.7 cm³/mol. The van der Waals surface area contributed by atoms with E-state index in [1.54, 1.807) is 32.1 Å². The average Bonchev–Trinajstić information content (AvgIpc) is 3.01. The van der Waals surface area contributed by atoms with Gasteiger partial charge in [0.1, 0.15) is 0 Å². The van der Waals surface area contributed by atoms with Gasteiger partial charge in [0.15, 0.2) is 0 Å². The van der Waals surface area contributed by atoms with Crippen LogP contribution < -0.4 is 0 Å². The lowest BCUT2D eigenvalue weighted by Gasteiger charge is -2.53. The maximum Gasteiger partial charge on any atom is -0.0150 e. The van der Waals surface area contributed by atoms with E-state index in [0.29, 0.717) is 0 Å². The Bertz CT molecular complexity index is 486. The molecule has 0 aromatic heterocycles. The van der Waals surface area contributed by atoms with Crippen LogP contribution in [0.4, 0.5) is 0 Å². The molecule has 0 radical (unpaired) electrons. The van der Waals surface area contributed by atoms with Crippen LogP contribution in [-0.2, 0) is 0 Å². The van der Waals surface area contributed by atoms with Crippen molar-refractivity contribution in [3.8, 4) is 0 Å². The van der Waals surface area contributed by atoms with Crippen LogP contribution in [0.25, 0.3) is 0 Å². The van der Waals surface area contributed by atoms with Crippen LogP contribution in [0.1, 0.15) is 91.9 Å². The molecule has 0 N–H and O–H groups in total. The quantitative estimate of drug-likeness (QED) is 0.434. The van der Waals surface area contributed by atoms with E-state index < -0.39 is 0 Å². The van der Waals surface area contributed by atoms with Gasteiger partial charge in [0.2, 0.25) is 0 Å². The first-order valence-corrected chi connectivity index (χ1v) is 10.4. The minimum atomic E-state index is 0.727. The SMILES string of the molecule is CC.C[C@@H]1C2CCC3(C)CCC4C5=C(CCCC5)CCC4C213. The minimum absolute atomic E-state index is 0.727. The minimum Gasteiger partial charge on any atom is -0.0707 e. The van der Waals surface area contributed by atoms with Crippen LogP contribution in [0.3, 0.4) is 0 Å². The first-order chi connectivity index (χ1) is 10.7. The van der Waals surface area contributed by atoms with Gasteiger partial charge < -0.3 is 0 Å². The molecule has 0 aromatic rings. The van der Waals surface area contributed by atoms with Gasteiger partial charge in [-0.05, 0) is 98.7 Å². The first-order valence-electron chi connectivity index (χ1n) is 10.4. The summed E-state index contributed by atoms with van der Waals surface area (Å²) >= 11 is 0. The van der Waals surface area contributed by atoms with Crippen LogP contribution >= 0.6 is 0 Å². The van der Waals surface area contributed by atoms with Crippen molar-refractivity contribution in [3.05, 3.63) is 11.1 Å². The van der Waals surface area contributed by atoms with Gasteiger partial charge >= 0.3 is 0 Å². The lowest BCUT2D eigenvalue weighted by atomic mass is 9.51. The number of allylic oxidation sites excluding steroid dienone is 2. The fourth-order valence-electron chi connectivity index (χ4n) is 8.18. The van der Waals surface area contributed by atoms with Crippen molar-refractivity contribution in [2.45, 2.75) is 91.9 Å². The number of fused-ring (bicyclic) bond motifs is 2.